The molecule has 3 aromatic rings. The number of benzene rings is 2. The molecule has 0 atom stereocenters. The number of rotatable bonds is 10. The molecular weight excluding hydrogens is 366 g/mol. The van der Waals surface area contributed by atoms with Crippen LogP contribution in [0.1, 0.15) is 37.5 Å². The van der Waals surface area contributed by atoms with Crippen molar-refractivity contribution in [1.29, 1.82) is 0 Å². The summed E-state index contributed by atoms with van der Waals surface area (Å²) in [6.07, 6.45) is 1.83. The lowest BCUT2D eigenvalue weighted by atomic mass is 10.1. The Kier molecular flexibility index (Phi) is 7.30. The third kappa shape index (κ3) is 5.39. The summed E-state index contributed by atoms with van der Waals surface area (Å²) in [7, 11) is 0. The lowest BCUT2D eigenvalue weighted by molar-refractivity contribution is -0.670. The topological polar surface area (TPSA) is 65.3 Å². The first-order chi connectivity index (χ1) is 14.1. The lowest BCUT2D eigenvalue weighted by Crippen LogP contribution is -2.83. The van der Waals surface area contributed by atoms with Crippen LogP contribution in [0.15, 0.2) is 51.7 Å². The molecule has 5 heteroatoms. The SMILES string of the molecule is CCOc1ccc(CC[NH2+]Cc2cc(=O)oc3cc(CC)ccc23)cc1OCC. The van der Waals surface area contributed by atoms with Gasteiger partial charge in [0.15, 0.2) is 11.5 Å². The standard InChI is InChI=1S/C24H29NO4/c1-4-17-7-9-20-19(15-24(26)29-22(20)13-17)16-25-12-11-18-8-10-21(27-5-2)23(14-18)28-6-3/h7-10,13-15,25H,4-6,11-12,16H2,1-3H3/p+1. The quantitative estimate of drug-likeness (QED) is 0.421. The highest BCUT2D eigenvalue weighted by molar-refractivity contribution is 5.80. The molecule has 5 nitrogen and oxygen atoms in total. The van der Waals surface area contributed by atoms with Gasteiger partial charge in [0.25, 0.3) is 0 Å². The second-order valence-electron chi connectivity index (χ2n) is 6.95. The van der Waals surface area contributed by atoms with Crippen molar-refractivity contribution in [3.8, 4) is 11.5 Å². The summed E-state index contributed by atoms with van der Waals surface area (Å²) in [4.78, 5) is 11.9. The Bertz CT molecular complexity index is 1010. The van der Waals surface area contributed by atoms with Gasteiger partial charge < -0.3 is 19.2 Å². The van der Waals surface area contributed by atoms with E-state index in [1.165, 1.54) is 11.1 Å². The van der Waals surface area contributed by atoms with Gasteiger partial charge in [-0.05, 0) is 49.6 Å². The number of hydrogen-bond acceptors (Lipinski definition) is 4. The number of fused-ring (bicyclic) bond motifs is 1. The normalized spacial score (nSPS) is 11.0. The van der Waals surface area contributed by atoms with Gasteiger partial charge in [0, 0.05) is 23.4 Å². The zero-order valence-corrected chi connectivity index (χ0v) is 17.5. The molecule has 154 valence electrons. The molecule has 29 heavy (non-hydrogen) atoms. The molecule has 0 bridgehead atoms. The number of nitrogens with two attached hydrogens (primary N) is 1. The molecule has 3 rings (SSSR count). The Balaban J connectivity index is 1.65. The fraction of sp³-hybridized carbons (Fsp3) is 0.375. The van der Waals surface area contributed by atoms with Crippen LogP contribution in [0.5, 0.6) is 11.5 Å². The maximum atomic E-state index is 11.9. The smallest absolute Gasteiger partial charge is 0.336 e. The molecule has 0 radical (unpaired) electrons. The second-order valence-corrected chi connectivity index (χ2v) is 6.95. The van der Waals surface area contributed by atoms with Crippen molar-refractivity contribution in [3.05, 3.63) is 69.6 Å². The van der Waals surface area contributed by atoms with E-state index in [9.17, 15) is 4.79 Å². The van der Waals surface area contributed by atoms with Crippen LogP contribution in [0.25, 0.3) is 11.0 Å². The summed E-state index contributed by atoms with van der Waals surface area (Å²) in [6.45, 7) is 8.91. The van der Waals surface area contributed by atoms with Crippen LogP contribution in [0.2, 0.25) is 0 Å². The van der Waals surface area contributed by atoms with Gasteiger partial charge in [-0.2, -0.15) is 0 Å². The maximum absolute atomic E-state index is 11.9. The van der Waals surface area contributed by atoms with Gasteiger partial charge in [0.05, 0.1) is 19.8 Å². The minimum absolute atomic E-state index is 0.290. The Morgan fingerprint density at radius 2 is 1.66 bits per heavy atom. The van der Waals surface area contributed by atoms with Crippen LogP contribution in [0.3, 0.4) is 0 Å². The van der Waals surface area contributed by atoms with Gasteiger partial charge >= 0.3 is 5.63 Å². The maximum Gasteiger partial charge on any atom is 0.336 e. The summed E-state index contributed by atoms with van der Waals surface area (Å²) < 4.78 is 16.7. The molecule has 0 aliphatic heterocycles. The number of hydrogen-bond donors (Lipinski definition) is 1. The van der Waals surface area contributed by atoms with Gasteiger partial charge in [-0.15, -0.1) is 0 Å². The summed E-state index contributed by atoms with van der Waals surface area (Å²) in [6, 6.07) is 13.8. The molecular formula is C24H30NO4+. The third-order valence-corrected chi connectivity index (χ3v) is 4.91. The molecule has 0 amide bonds. The molecule has 0 saturated carbocycles. The first-order valence-corrected chi connectivity index (χ1v) is 10.4. The van der Waals surface area contributed by atoms with Gasteiger partial charge in [0.1, 0.15) is 12.1 Å². The largest absolute Gasteiger partial charge is 0.490 e. The summed E-state index contributed by atoms with van der Waals surface area (Å²) in [5, 5.41) is 3.23. The second kappa shape index (κ2) is 10.1. The minimum atomic E-state index is -0.290. The number of ether oxygens (including phenoxy) is 2. The zero-order chi connectivity index (χ0) is 20.6. The average molecular weight is 397 g/mol. The minimum Gasteiger partial charge on any atom is -0.490 e. The van der Waals surface area contributed by atoms with E-state index in [1.807, 2.05) is 26.0 Å². The van der Waals surface area contributed by atoms with Gasteiger partial charge in [-0.3, -0.25) is 0 Å². The fourth-order valence-electron chi connectivity index (χ4n) is 3.44. The van der Waals surface area contributed by atoms with E-state index in [0.29, 0.717) is 18.8 Å². The van der Waals surface area contributed by atoms with Crippen LogP contribution in [-0.4, -0.2) is 19.8 Å². The van der Waals surface area contributed by atoms with Gasteiger partial charge in [-0.25, -0.2) is 4.79 Å². The van der Waals surface area contributed by atoms with Crippen molar-refractivity contribution in [3.63, 3.8) is 0 Å². The Hall–Kier alpha value is -2.79. The molecule has 0 saturated heterocycles. The number of aryl methyl sites for hydroxylation is 1. The van der Waals surface area contributed by atoms with E-state index in [1.54, 1.807) is 6.07 Å². The summed E-state index contributed by atoms with van der Waals surface area (Å²) in [5.41, 5.74) is 3.77. The van der Waals surface area contributed by atoms with E-state index in [0.717, 1.165) is 48.4 Å². The van der Waals surface area contributed by atoms with Crippen molar-refractivity contribution in [2.75, 3.05) is 19.8 Å². The highest BCUT2D eigenvalue weighted by Crippen LogP contribution is 2.28. The Morgan fingerprint density at radius 3 is 2.41 bits per heavy atom. The highest BCUT2D eigenvalue weighted by Gasteiger charge is 2.09. The van der Waals surface area contributed by atoms with Gasteiger partial charge in [0.2, 0.25) is 0 Å². The van der Waals surface area contributed by atoms with Crippen molar-refractivity contribution < 1.29 is 19.2 Å². The van der Waals surface area contributed by atoms with Crippen LogP contribution < -0.4 is 20.4 Å². The molecule has 2 aromatic carbocycles. The third-order valence-electron chi connectivity index (χ3n) is 4.91. The van der Waals surface area contributed by atoms with E-state index < -0.39 is 0 Å². The summed E-state index contributed by atoms with van der Waals surface area (Å²) >= 11 is 0. The van der Waals surface area contributed by atoms with Crippen LogP contribution in [0, 0.1) is 0 Å². The highest BCUT2D eigenvalue weighted by atomic mass is 16.5. The molecule has 0 fully saturated rings. The summed E-state index contributed by atoms with van der Waals surface area (Å²) in [5.74, 6) is 1.58. The van der Waals surface area contributed by atoms with Crippen molar-refractivity contribution in [2.45, 2.75) is 40.2 Å². The van der Waals surface area contributed by atoms with E-state index in [-0.39, 0.29) is 5.63 Å². The molecule has 0 aliphatic rings. The van der Waals surface area contributed by atoms with Crippen LogP contribution in [-0.2, 0) is 19.4 Å². The van der Waals surface area contributed by atoms with Crippen LogP contribution >= 0.6 is 0 Å². The first kappa shape index (κ1) is 20.9. The number of quaternary nitrogens is 1. The van der Waals surface area contributed by atoms with Crippen molar-refractivity contribution in [1.82, 2.24) is 0 Å². The monoisotopic (exact) mass is 396 g/mol. The van der Waals surface area contributed by atoms with E-state index >= 15 is 0 Å². The predicted molar refractivity (Wildman–Crippen MR) is 115 cm³/mol. The van der Waals surface area contributed by atoms with E-state index in [2.05, 4.69) is 36.5 Å². The molecule has 0 unspecified atom stereocenters. The molecule has 1 heterocycles. The lowest BCUT2D eigenvalue weighted by Gasteiger charge is -2.12. The fourth-order valence-corrected chi connectivity index (χ4v) is 3.44. The molecule has 1 aromatic heterocycles. The molecule has 0 aliphatic carbocycles. The van der Waals surface area contributed by atoms with Crippen molar-refractivity contribution >= 4 is 11.0 Å². The molecule has 0 spiro atoms. The van der Waals surface area contributed by atoms with Crippen molar-refractivity contribution in [2.24, 2.45) is 0 Å². The van der Waals surface area contributed by atoms with Crippen LogP contribution in [0.4, 0.5) is 0 Å². The van der Waals surface area contributed by atoms with E-state index in [4.69, 9.17) is 13.9 Å². The Morgan fingerprint density at radius 1 is 0.897 bits per heavy atom. The Labute approximate surface area is 171 Å². The zero-order valence-electron chi connectivity index (χ0n) is 17.5. The first-order valence-electron chi connectivity index (χ1n) is 10.4. The van der Waals surface area contributed by atoms with Gasteiger partial charge in [-0.1, -0.05) is 25.1 Å². The molecule has 2 N–H and O–H groups in total. The predicted octanol–water partition coefficient (Wildman–Crippen LogP) is 3.46. The average Bonchev–Trinajstić information content (AvgIpc) is 2.72.